The van der Waals surface area contributed by atoms with Gasteiger partial charge in [-0.1, -0.05) is 6.07 Å². The summed E-state index contributed by atoms with van der Waals surface area (Å²) in [7, 11) is 1.42. The average molecular weight is 315 g/mol. The second-order valence-electron chi connectivity index (χ2n) is 5.47. The Balaban J connectivity index is 1.60. The molecule has 0 saturated heterocycles. The van der Waals surface area contributed by atoms with E-state index >= 15 is 0 Å². The SMILES string of the molecule is COc1cc(F)ccc1NC(=O)COc1ccc2c(c1)CCC2. The van der Waals surface area contributed by atoms with Gasteiger partial charge in [-0.3, -0.25) is 4.79 Å². The van der Waals surface area contributed by atoms with Gasteiger partial charge in [0.05, 0.1) is 12.8 Å². The van der Waals surface area contributed by atoms with Crippen LogP contribution in [-0.4, -0.2) is 19.6 Å². The lowest BCUT2D eigenvalue weighted by atomic mass is 10.1. The highest BCUT2D eigenvalue weighted by Gasteiger charge is 2.13. The molecular weight excluding hydrogens is 297 g/mol. The Morgan fingerprint density at radius 1 is 1.17 bits per heavy atom. The van der Waals surface area contributed by atoms with Crippen LogP contribution in [0, 0.1) is 5.82 Å². The van der Waals surface area contributed by atoms with E-state index in [0.717, 1.165) is 12.8 Å². The minimum absolute atomic E-state index is 0.112. The van der Waals surface area contributed by atoms with E-state index in [1.807, 2.05) is 12.1 Å². The van der Waals surface area contributed by atoms with Crippen LogP contribution in [0.1, 0.15) is 17.5 Å². The third kappa shape index (κ3) is 3.62. The van der Waals surface area contributed by atoms with E-state index in [1.165, 1.54) is 42.9 Å². The molecule has 0 saturated carbocycles. The number of benzene rings is 2. The number of ether oxygens (including phenoxy) is 2. The zero-order valence-corrected chi connectivity index (χ0v) is 12.9. The zero-order chi connectivity index (χ0) is 16.2. The molecule has 2 aromatic rings. The molecule has 3 rings (SSSR count). The van der Waals surface area contributed by atoms with Gasteiger partial charge in [-0.05, 0) is 54.7 Å². The van der Waals surface area contributed by atoms with Crippen molar-refractivity contribution >= 4 is 11.6 Å². The van der Waals surface area contributed by atoms with Gasteiger partial charge in [-0.25, -0.2) is 4.39 Å². The van der Waals surface area contributed by atoms with Crippen LogP contribution >= 0.6 is 0 Å². The largest absolute Gasteiger partial charge is 0.494 e. The summed E-state index contributed by atoms with van der Waals surface area (Å²) in [6.07, 6.45) is 3.34. The summed E-state index contributed by atoms with van der Waals surface area (Å²) in [6.45, 7) is -0.112. The molecule has 0 aliphatic heterocycles. The zero-order valence-electron chi connectivity index (χ0n) is 12.9. The third-order valence-electron chi connectivity index (χ3n) is 3.88. The smallest absolute Gasteiger partial charge is 0.262 e. The van der Waals surface area contributed by atoms with Gasteiger partial charge < -0.3 is 14.8 Å². The highest BCUT2D eigenvalue weighted by molar-refractivity contribution is 5.93. The average Bonchev–Trinajstić information content (AvgIpc) is 3.02. The fraction of sp³-hybridized carbons (Fsp3) is 0.278. The second-order valence-corrected chi connectivity index (χ2v) is 5.47. The summed E-state index contributed by atoms with van der Waals surface area (Å²) in [5.74, 6) is 0.215. The van der Waals surface area contributed by atoms with Gasteiger partial charge >= 0.3 is 0 Å². The van der Waals surface area contributed by atoms with Gasteiger partial charge in [0, 0.05) is 6.07 Å². The molecule has 2 aromatic carbocycles. The standard InChI is InChI=1S/C18H18FNO3/c1-22-17-10-14(19)6-8-16(17)20-18(21)11-23-15-7-5-12-3-2-4-13(12)9-15/h5-10H,2-4,11H2,1H3,(H,20,21). The number of halogens is 1. The normalized spacial score (nSPS) is 12.6. The number of fused-ring (bicyclic) bond motifs is 1. The molecule has 0 atom stereocenters. The van der Waals surface area contributed by atoms with Crippen LogP contribution in [0.5, 0.6) is 11.5 Å². The number of hydrogen-bond donors (Lipinski definition) is 1. The molecule has 120 valence electrons. The van der Waals surface area contributed by atoms with Crippen molar-refractivity contribution in [3.05, 3.63) is 53.3 Å². The summed E-state index contributed by atoms with van der Waals surface area (Å²) >= 11 is 0. The highest BCUT2D eigenvalue weighted by Crippen LogP contribution is 2.27. The van der Waals surface area contributed by atoms with Crippen molar-refractivity contribution in [2.75, 3.05) is 19.0 Å². The summed E-state index contributed by atoms with van der Waals surface area (Å²) in [5, 5.41) is 2.66. The molecule has 0 spiro atoms. The molecule has 0 heterocycles. The first-order valence-electron chi connectivity index (χ1n) is 7.54. The molecule has 4 nitrogen and oxygen atoms in total. The quantitative estimate of drug-likeness (QED) is 0.920. The molecular formula is C18H18FNO3. The molecule has 0 bridgehead atoms. The first-order chi connectivity index (χ1) is 11.2. The molecule has 1 amide bonds. The maximum atomic E-state index is 13.1. The Morgan fingerprint density at radius 3 is 2.83 bits per heavy atom. The predicted molar refractivity (Wildman–Crippen MR) is 85.5 cm³/mol. The molecule has 1 aliphatic rings. The second kappa shape index (κ2) is 6.69. The van der Waals surface area contributed by atoms with Gasteiger partial charge in [0.25, 0.3) is 5.91 Å². The van der Waals surface area contributed by atoms with Gasteiger partial charge in [0.15, 0.2) is 6.61 Å². The van der Waals surface area contributed by atoms with Crippen molar-refractivity contribution in [2.45, 2.75) is 19.3 Å². The fourth-order valence-electron chi connectivity index (χ4n) is 2.74. The Labute approximate surface area is 134 Å². The van der Waals surface area contributed by atoms with Crippen molar-refractivity contribution in [1.29, 1.82) is 0 Å². The molecule has 1 aliphatic carbocycles. The van der Waals surface area contributed by atoms with Crippen molar-refractivity contribution in [2.24, 2.45) is 0 Å². The number of aryl methyl sites for hydroxylation is 2. The lowest BCUT2D eigenvalue weighted by molar-refractivity contribution is -0.118. The van der Waals surface area contributed by atoms with E-state index in [2.05, 4.69) is 11.4 Å². The van der Waals surface area contributed by atoms with Crippen LogP contribution in [-0.2, 0) is 17.6 Å². The van der Waals surface area contributed by atoms with Crippen molar-refractivity contribution < 1.29 is 18.7 Å². The van der Waals surface area contributed by atoms with Crippen molar-refractivity contribution in [1.82, 2.24) is 0 Å². The molecule has 0 unspecified atom stereocenters. The van der Waals surface area contributed by atoms with Gasteiger partial charge in [0.2, 0.25) is 0 Å². The monoisotopic (exact) mass is 315 g/mol. The Bertz CT molecular complexity index is 730. The maximum absolute atomic E-state index is 13.1. The third-order valence-corrected chi connectivity index (χ3v) is 3.88. The van der Waals surface area contributed by atoms with Gasteiger partial charge in [-0.15, -0.1) is 0 Å². The molecule has 1 N–H and O–H groups in total. The van der Waals surface area contributed by atoms with Crippen molar-refractivity contribution in [3.63, 3.8) is 0 Å². The van der Waals surface area contributed by atoms with Crippen LogP contribution in [0.4, 0.5) is 10.1 Å². The van der Waals surface area contributed by atoms with Crippen molar-refractivity contribution in [3.8, 4) is 11.5 Å². The number of carbonyl (C=O) groups excluding carboxylic acids is 1. The van der Waals surface area contributed by atoms with Crippen LogP contribution in [0.3, 0.4) is 0 Å². The number of rotatable bonds is 5. The minimum Gasteiger partial charge on any atom is -0.494 e. The summed E-state index contributed by atoms with van der Waals surface area (Å²) in [4.78, 5) is 12.0. The molecule has 23 heavy (non-hydrogen) atoms. The van der Waals surface area contributed by atoms with E-state index in [9.17, 15) is 9.18 Å². The number of carbonyl (C=O) groups is 1. The van der Waals surface area contributed by atoms with Gasteiger partial charge in [0.1, 0.15) is 17.3 Å². The first-order valence-corrected chi connectivity index (χ1v) is 7.54. The summed E-state index contributed by atoms with van der Waals surface area (Å²) < 4.78 is 23.7. The molecule has 5 heteroatoms. The molecule has 0 aromatic heterocycles. The molecule has 0 fully saturated rings. The Morgan fingerprint density at radius 2 is 2.00 bits per heavy atom. The van der Waals surface area contributed by atoms with Crippen LogP contribution < -0.4 is 14.8 Å². The lowest BCUT2D eigenvalue weighted by Gasteiger charge is -2.11. The highest BCUT2D eigenvalue weighted by atomic mass is 19.1. The lowest BCUT2D eigenvalue weighted by Crippen LogP contribution is -2.20. The fourth-order valence-corrected chi connectivity index (χ4v) is 2.74. The Kier molecular flexibility index (Phi) is 4.46. The number of amides is 1. The topological polar surface area (TPSA) is 47.6 Å². The number of anilines is 1. The number of methoxy groups -OCH3 is 1. The van der Waals surface area contributed by atoms with Crippen LogP contribution in [0.25, 0.3) is 0 Å². The van der Waals surface area contributed by atoms with Crippen LogP contribution in [0.2, 0.25) is 0 Å². The maximum Gasteiger partial charge on any atom is 0.262 e. The van der Waals surface area contributed by atoms with Gasteiger partial charge in [-0.2, -0.15) is 0 Å². The summed E-state index contributed by atoms with van der Waals surface area (Å²) in [6, 6.07) is 9.88. The van der Waals surface area contributed by atoms with E-state index in [4.69, 9.17) is 9.47 Å². The molecule has 0 radical (unpaired) electrons. The van der Waals surface area contributed by atoms with E-state index in [0.29, 0.717) is 11.4 Å². The van der Waals surface area contributed by atoms with E-state index in [-0.39, 0.29) is 18.3 Å². The summed E-state index contributed by atoms with van der Waals surface area (Å²) in [5.41, 5.74) is 3.07. The minimum atomic E-state index is -0.422. The Hall–Kier alpha value is -2.56. The van der Waals surface area contributed by atoms with E-state index < -0.39 is 5.82 Å². The first kappa shape index (κ1) is 15.3. The number of nitrogens with one attached hydrogen (secondary N) is 1. The van der Waals surface area contributed by atoms with E-state index in [1.54, 1.807) is 0 Å². The number of hydrogen-bond acceptors (Lipinski definition) is 3. The van der Waals surface area contributed by atoms with Crippen LogP contribution in [0.15, 0.2) is 36.4 Å². The predicted octanol–water partition coefficient (Wildman–Crippen LogP) is 3.34.